The molecule has 0 aliphatic heterocycles. The average molecular weight is 661 g/mol. The Labute approximate surface area is 302 Å². The molecular formula is C50H32N2. The maximum Gasteiger partial charge on any atom is 0.160 e. The van der Waals surface area contributed by atoms with E-state index in [-0.39, 0.29) is 0 Å². The summed E-state index contributed by atoms with van der Waals surface area (Å²) < 4.78 is 0. The van der Waals surface area contributed by atoms with Gasteiger partial charge in [0.05, 0.1) is 11.4 Å². The molecule has 9 aromatic carbocycles. The summed E-state index contributed by atoms with van der Waals surface area (Å²) in [6.07, 6.45) is 0. The molecule has 0 unspecified atom stereocenters. The van der Waals surface area contributed by atoms with Gasteiger partial charge in [-0.05, 0) is 83.5 Å². The Morgan fingerprint density at radius 3 is 1.63 bits per heavy atom. The third kappa shape index (κ3) is 5.12. The molecule has 1 heterocycles. The van der Waals surface area contributed by atoms with Crippen LogP contribution in [0.4, 0.5) is 0 Å². The number of nitrogens with zero attached hydrogens (tertiary/aromatic N) is 2. The minimum Gasteiger partial charge on any atom is -0.228 e. The smallest absolute Gasteiger partial charge is 0.160 e. The summed E-state index contributed by atoms with van der Waals surface area (Å²) in [6, 6.07) is 69.3. The van der Waals surface area contributed by atoms with Crippen LogP contribution >= 0.6 is 0 Å². The molecule has 0 bridgehead atoms. The largest absolute Gasteiger partial charge is 0.228 e. The first kappa shape index (κ1) is 30.0. The fourth-order valence-electron chi connectivity index (χ4n) is 7.79. The molecular weight excluding hydrogens is 629 g/mol. The van der Waals surface area contributed by atoms with E-state index in [0.29, 0.717) is 5.82 Å². The molecule has 0 aliphatic carbocycles. The van der Waals surface area contributed by atoms with Gasteiger partial charge < -0.3 is 0 Å². The molecule has 0 saturated carbocycles. The lowest BCUT2D eigenvalue weighted by atomic mass is 9.86. The standard InChI is InChI=1S/C50H32N2/c1-3-14-33(15-4-1)36-20-13-21-38(30-36)47-32-48(52-50(51-47)35-17-5-2-6-18-35)43-28-29-44(42-25-12-11-24-41(42)43)49-40-23-10-8-19-37(40)31-46-39-22-9-7-16-34(39)26-27-45(46)49/h1-32H. The number of aromatic nitrogens is 2. The topological polar surface area (TPSA) is 25.8 Å². The van der Waals surface area contributed by atoms with Gasteiger partial charge >= 0.3 is 0 Å². The van der Waals surface area contributed by atoms with E-state index in [4.69, 9.17) is 9.97 Å². The number of fused-ring (bicyclic) bond motifs is 5. The molecule has 0 N–H and O–H groups in total. The second-order valence-corrected chi connectivity index (χ2v) is 13.3. The van der Waals surface area contributed by atoms with E-state index in [1.54, 1.807) is 0 Å². The van der Waals surface area contributed by atoms with Crippen LogP contribution in [0.25, 0.3) is 99.2 Å². The van der Waals surface area contributed by atoms with Crippen molar-refractivity contribution < 1.29 is 0 Å². The molecule has 0 atom stereocenters. The normalized spacial score (nSPS) is 11.5. The molecule has 0 spiro atoms. The zero-order valence-electron chi connectivity index (χ0n) is 28.4. The minimum absolute atomic E-state index is 0.707. The summed E-state index contributed by atoms with van der Waals surface area (Å²) in [6.45, 7) is 0. The Bertz CT molecular complexity index is 2950. The van der Waals surface area contributed by atoms with Crippen molar-refractivity contribution in [2.24, 2.45) is 0 Å². The van der Waals surface area contributed by atoms with Gasteiger partial charge in [0.1, 0.15) is 0 Å². The summed E-state index contributed by atoms with van der Waals surface area (Å²) in [5.74, 6) is 0.707. The quantitative estimate of drug-likeness (QED) is 0.136. The highest BCUT2D eigenvalue weighted by Crippen LogP contribution is 2.44. The Morgan fingerprint density at radius 1 is 0.269 bits per heavy atom. The zero-order chi connectivity index (χ0) is 34.4. The summed E-state index contributed by atoms with van der Waals surface area (Å²) in [4.78, 5) is 10.4. The third-order valence-electron chi connectivity index (χ3n) is 10.3. The Morgan fingerprint density at radius 2 is 0.846 bits per heavy atom. The summed E-state index contributed by atoms with van der Waals surface area (Å²) in [5, 5.41) is 9.87. The fourth-order valence-corrected chi connectivity index (χ4v) is 7.79. The highest BCUT2D eigenvalue weighted by molar-refractivity contribution is 6.23. The van der Waals surface area contributed by atoms with Gasteiger partial charge in [-0.3, -0.25) is 0 Å². The molecule has 52 heavy (non-hydrogen) atoms. The van der Waals surface area contributed by atoms with Gasteiger partial charge in [-0.25, -0.2) is 9.97 Å². The lowest BCUT2D eigenvalue weighted by Crippen LogP contribution is -1.97. The van der Waals surface area contributed by atoms with Crippen molar-refractivity contribution in [2.75, 3.05) is 0 Å². The lowest BCUT2D eigenvalue weighted by molar-refractivity contribution is 1.18. The van der Waals surface area contributed by atoms with Crippen molar-refractivity contribution >= 4 is 43.1 Å². The van der Waals surface area contributed by atoms with Crippen LogP contribution in [0.15, 0.2) is 194 Å². The first-order valence-electron chi connectivity index (χ1n) is 17.7. The second-order valence-electron chi connectivity index (χ2n) is 13.3. The number of hydrogen-bond donors (Lipinski definition) is 0. The molecule has 2 nitrogen and oxygen atoms in total. The van der Waals surface area contributed by atoms with Crippen molar-refractivity contribution in [2.45, 2.75) is 0 Å². The van der Waals surface area contributed by atoms with Gasteiger partial charge in [-0.1, -0.05) is 176 Å². The molecule has 1 aromatic heterocycles. The summed E-state index contributed by atoms with van der Waals surface area (Å²) in [7, 11) is 0. The van der Waals surface area contributed by atoms with Crippen molar-refractivity contribution in [1.82, 2.24) is 9.97 Å². The van der Waals surface area contributed by atoms with Gasteiger partial charge in [0, 0.05) is 16.7 Å². The van der Waals surface area contributed by atoms with E-state index in [9.17, 15) is 0 Å². The van der Waals surface area contributed by atoms with Crippen LogP contribution < -0.4 is 0 Å². The van der Waals surface area contributed by atoms with Crippen LogP contribution in [0.3, 0.4) is 0 Å². The molecule has 10 rings (SSSR count). The Hall–Kier alpha value is -6.90. The van der Waals surface area contributed by atoms with E-state index < -0.39 is 0 Å². The van der Waals surface area contributed by atoms with Crippen molar-refractivity contribution in [3.8, 4) is 56.2 Å². The Kier molecular flexibility index (Phi) is 7.18. The predicted molar refractivity (Wildman–Crippen MR) is 219 cm³/mol. The fraction of sp³-hybridized carbons (Fsp3) is 0. The zero-order valence-corrected chi connectivity index (χ0v) is 28.4. The van der Waals surface area contributed by atoms with Crippen LogP contribution in [0, 0.1) is 0 Å². The van der Waals surface area contributed by atoms with E-state index >= 15 is 0 Å². The maximum absolute atomic E-state index is 5.26. The molecule has 10 aromatic rings. The van der Waals surface area contributed by atoms with Crippen LogP contribution in [0.5, 0.6) is 0 Å². The Balaban J connectivity index is 1.21. The molecule has 0 amide bonds. The van der Waals surface area contributed by atoms with E-state index in [2.05, 4.69) is 176 Å². The summed E-state index contributed by atoms with van der Waals surface area (Å²) in [5.41, 5.74) is 9.71. The van der Waals surface area contributed by atoms with Crippen molar-refractivity contribution in [3.63, 3.8) is 0 Å². The number of rotatable bonds is 5. The van der Waals surface area contributed by atoms with Crippen molar-refractivity contribution in [1.29, 1.82) is 0 Å². The summed E-state index contributed by atoms with van der Waals surface area (Å²) >= 11 is 0. The van der Waals surface area contributed by atoms with Crippen molar-refractivity contribution in [3.05, 3.63) is 194 Å². The number of benzene rings is 9. The second kappa shape index (κ2) is 12.5. The van der Waals surface area contributed by atoms with Crippen LogP contribution in [-0.4, -0.2) is 9.97 Å². The highest BCUT2D eigenvalue weighted by atomic mass is 14.9. The van der Waals surface area contributed by atoms with E-state index in [0.717, 1.165) is 39.0 Å². The van der Waals surface area contributed by atoms with Gasteiger partial charge in [-0.2, -0.15) is 0 Å². The van der Waals surface area contributed by atoms with Crippen LogP contribution in [0.2, 0.25) is 0 Å². The first-order valence-corrected chi connectivity index (χ1v) is 17.7. The van der Waals surface area contributed by atoms with Gasteiger partial charge in [0.2, 0.25) is 0 Å². The molecule has 0 radical (unpaired) electrons. The molecule has 2 heteroatoms. The minimum atomic E-state index is 0.707. The molecule has 0 fully saturated rings. The maximum atomic E-state index is 5.26. The number of hydrogen-bond acceptors (Lipinski definition) is 2. The van der Waals surface area contributed by atoms with Crippen LogP contribution in [-0.2, 0) is 0 Å². The lowest BCUT2D eigenvalue weighted by Gasteiger charge is -2.17. The average Bonchev–Trinajstić information content (AvgIpc) is 3.23. The van der Waals surface area contributed by atoms with Crippen LogP contribution in [0.1, 0.15) is 0 Å². The third-order valence-corrected chi connectivity index (χ3v) is 10.3. The van der Waals surface area contributed by atoms with Gasteiger partial charge in [-0.15, -0.1) is 0 Å². The molecule has 242 valence electrons. The predicted octanol–water partition coefficient (Wildman–Crippen LogP) is 13.4. The SMILES string of the molecule is c1ccc(-c2cccc(-c3cc(-c4ccc(-c5c6ccccc6cc6c5ccc5ccccc56)c5ccccc45)nc(-c4ccccc4)n3)c2)cc1. The first-order chi connectivity index (χ1) is 25.8. The van der Waals surface area contributed by atoms with E-state index in [1.165, 1.54) is 54.4 Å². The van der Waals surface area contributed by atoms with Gasteiger partial charge in [0.15, 0.2) is 5.82 Å². The highest BCUT2D eigenvalue weighted by Gasteiger charge is 2.18. The molecule has 0 saturated heterocycles. The van der Waals surface area contributed by atoms with Gasteiger partial charge in [0.25, 0.3) is 0 Å². The van der Waals surface area contributed by atoms with E-state index in [1.807, 2.05) is 18.2 Å². The molecule has 0 aliphatic rings. The monoisotopic (exact) mass is 660 g/mol.